The van der Waals surface area contributed by atoms with Gasteiger partial charge in [-0.15, -0.1) is 0 Å². The van der Waals surface area contributed by atoms with Crippen molar-refractivity contribution in [2.75, 3.05) is 9.80 Å². The summed E-state index contributed by atoms with van der Waals surface area (Å²) in [6.07, 6.45) is 9.74. The van der Waals surface area contributed by atoms with Gasteiger partial charge in [0.1, 0.15) is 0 Å². The number of rotatable bonds is 11. The van der Waals surface area contributed by atoms with Crippen molar-refractivity contribution in [1.29, 1.82) is 0 Å². The molecule has 0 spiro atoms. The van der Waals surface area contributed by atoms with Crippen LogP contribution in [0.5, 0.6) is 0 Å². The Morgan fingerprint density at radius 1 is 0.302 bits per heavy atom. The highest BCUT2D eigenvalue weighted by atomic mass is 15.1. The Morgan fingerprint density at radius 2 is 0.509 bits per heavy atom. The first-order valence-electron chi connectivity index (χ1n) is 18.5. The van der Waals surface area contributed by atoms with Crippen molar-refractivity contribution in [3.05, 3.63) is 214 Å². The molecule has 2 nitrogen and oxygen atoms in total. The molecule has 0 N–H and O–H groups in total. The molecule has 0 unspecified atom stereocenters. The Bertz CT molecular complexity index is 2230. The molecule has 0 aliphatic carbocycles. The number of nitrogens with zero attached hydrogens (tertiary/aromatic N) is 2. The van der Waals surface area contributed by atoms with Crippen LogP contribution in [0.15, 0.2) is 170 Å². The third-order valence-electron chi connectivity index (χ3n) is 9.65. The van der Waals surface area contributed by atoms with Crippen LogP contribution in [-0.4, -0.2) is 0 Å². The van der Waals surface area contributed by atoms with Crippen LogP contribution < -0.4 is 9.80 Å². The molecule has 0 fully saturated rings. The molecular formula is C51H46N2. The van der Waals surface area contributed by atoms with Gasteiger partial charge in [-0.25, -0.2) is 0 Å². The fraction of sp³-hybridized carbons (Fsp3) is 0.0980. The van der Waals surface area contributed by atoms with Gasteiger partial charge < -0.3 is 9.80 Å². The summed E-state index contributed by atoms with van der Waals surface area (Å²) in [5, 5.41) is 0. The van der Waals surface area contributed by atoms with Crippen molar-refractivity contribution in [2.45, 2.75) is 34.1 Å². The highest BCUT2D eigenvalue weighted by Crippen LogP contribution is 2.36. The van der Waals surface area contributed by atoms with E-state index < -0.39 is 0 Å². The van der Waals surface area contributed by atoms with Gasteiger partial charge in [-0.1, -0.05) is 145 Å². The molecule has 2 heteroatoms. The van der Waals surface area contributed by atoms with Crippen LogP contribution >= 0.6 is 0 Å². The first-order chi connectivity index (χ1) is 25.9. The van der Waals surface area contributed by atoms with E-state index in [1.807, 2.05) is 0 Å². The quantitative estimate of drug-likeness (QED) is 0.125. The second kappa shape index (κ2) is 16.3. The molecule has 0 saturated carbocycles. The summed E-state index contributed by atoms with van der Waals surface area (Å²) in [7, 11) is 0. The van der Waals surface area contributed by atoms with Crippen LogP contribution in [0.3, 0.4) is 0 Å². The molecule has 7 aromatic rings. The van der Waals surface area contributed by atoms with Crippen molar-refractivity contribution >= 4 is 58.4 Å². The summed E-state index contributed by atoms with van der Waals surface area (Å²) >= 11 is 0. The molecule has 0 aliphatic rings. The molecule has 260 valence electrons. The summed E-state index contributed by atoms with van der Waals surface area (Å²) in [5.74, 6) is 0. The molecule has 7 rings (SSSR count). The SMILES string of the molecule is CCc1ccc(N(c2ccc(C)cc2)c2ccc(/C=C/c3ccc(/C=C/c4ccc(N(c5ccc(C)cc5)c5ccc(C)cc5)cc4)cc3)cc2)cc1. The third-order valence-corrected chi connectivity index (χ3v) is 9.65. The molecule has 0 radical (unpaired) electrons. The summed E-state index contributed by atoms with van der Waals surface area (Å²) in [6, 6.07) is 61.3. The lowest BCUT2D eigenvalue weighted by atomic mass is 10.1. The highest BCUT2D eigenvalue weighted by Gasteiger charge is 2.13. The normalized spacial score (nSPS) is 11.3. The summed E-state index contributed by atoms with van der Waals surface area (Å²) < 4.78 is 0. The van der Waals surface area contributed by atoms with E-state index in [0.717, 1.165) is 51.7 Å². The third kappa shape index (κ3) is 8.75. The summed E-state index contributed by atoms with van der Waals surface area (Å²) in [5.41, 5.74) is 16.6. The van der Waals surface area contributed by atoms with E-state index in [1.165, 1.54) is 33.4 Å². The van der Waals surface area contributed by atoms with Gasteiger partial charge in [0.2, 0.25) is 0 Å². The van der Waals surface area contributed by atoms with Crippen molar-refractivity contribution in [3.63, 3.8) is 0 Å². The van der Waals surface area contributed by atoms with Crippen molar-refractivity contribution in [2.24, 2.45) is 0 Å². The average Bonchev–Trinajstić information content (AvgIpc) is 3.20. The van der Waals surface area contributed by atoms with E-state index >= 15 is 0 Å². The Hall–Kier alpha value is -6.38. The highest BCUT2D eigenvalue weighted by molar-refractivity contribution is 5.80. The first kappa shape index (κ1) is 35.0. The van der Waals surface area contributed by atoms with E-state index in [1.54, 1.807) is 0 Å². The molecule has 0 aromatic heterocycles. The van der Waals surface area contributed by atoms with E-state index in [9.17, 15) is 0 Å². The lowest BCUT2D eigenvalue weighted by Crippen LogP contribution is -2.09. The minimum Gasteiger partial charge on any atom is -0.311 e. The van der Waals surface area contributed by atoms with Crippen LogP contribution in [-0.2, 0) is 6.42 Å². The number of hydrogen-bond acceptors (Lipinski definition) is 2. The maximum Gasteiger partial charge on any atom is 0.0462 e. The zero-order chi connectivity index (χ0) is 36.6. The maximum absolute atomic E-state index is 2.32. The molecule has 0 aliphatic heterocycles. The second-order valence-electron chi connectivity index (χ2n) is 13.7. The van der Waals surface area contributed by atoms with E-state index in [4.69, 9.17) is 0 Å². The Morgan fingerprint density at radius 3 is 0.755 bits per heavy atom. The first-order valence-corrected chi connectivity index (χ1v) is 18.5. The minimum absolute atomic E-state index is 1.03. The Kier molecular flexibility index (Phi) is 10.8. The average molecular weight is 687 g/mol. The molecule has 0 atom stereocenters. The molecule has 0 saturated heterocycles. The number of hydrogen-bond donors (Lipinski definition) is 0. The van der Waals surface area contributed by atoms with Crippen LogP contribution in [0.25, 0.3) is 24.3 Å². The molecule has 0 bridgehead atoms. The second-order valence-corrected chi connectivity index (χ2v) is 13.7. The monoisotopic (exact) mass is 686 g/mol. The number of benzene rings is 7. The molecule has 0 amide bonds. The fourth-order valence-corrected chi connectivity index (χ4v) is 6.43. The van der Waals surface area contributed by atoms with Crippen LogP contribution in [0.1, 0.15) is 51.4 Å². The largest absolute Gasteiger partial charge is 0.311 e. The maximum atomic E-state index is 2.32. The van der Waals surface area contributed by atoms with Gasteiger partial charge in [-0.2, -0.15) is 0 Å². The van der Waals surface area contributed by atoms with E-state index in [-0.39, 0.29) is 0 Å². The smallest absolute Gasteiger partial charge is 0.0462 e. The van der Waals surface area contributed by atoms with Gasteiger partial charge in [0.15, 0.2) is 0 Å². The summed E-state index contributed by atoms with van der Waals surface area (Å²) in [6.45, 7) is 8.57. The standard InChI is InChI=1S/C51H46N2/c1-5-41-20-32-49(33-21-41)53(48-30-10-40(4)11-31-48)51-36-24-45(25-37-51)19-17-43-14-12-42(13-15-43)16-18-44-22-34-50(35-23-44)52(46-26-6-38(2)7-27-46)47-28-8-39(3)9-29-47/h6-37H,5H2,1-4H3/b18-16+,19-17+. The van der Waals surface area contributed by atoms with Crippen molar-refractivity contribution in [1.82, 2.24) is 0 Å². The minimum atomic E-state index is 1.03. The molecular weight excluding hydrogens is 641 g/mol. The van der Waals surface area contributed by atoms with Gasteiger partial charge in [0.25, 0.3) is 0 Å². The topological polar surface area (TPSA) is 6.48 Å². The lowest BCUT2D eigenvalue weighted by molar-refractivity contribution is 1.14. The van der Waals surface area contributed by atoms with Crippen LogP contribution in [0.4, 0.5) is 34.1 Å². The zero-order valence-electron chi connectivity index (χ0n) is 31.1. The van der Waals surface area contributed by atoms with Crippen LogP contribution in [0.2, 0.25) is 0 Å². The molecule has 7 aromatic carbocycles. The van der Waals surface area contributed by atoms with Gasteiger partial charge in [0.05, 0.1) is 0 Å². The van der Waals surface area contributed by atoms with E-state index in [0.29, 0.717) is 0 Å². The van der Waals surface area contributed by atoms with Gasteiger partial charge in [-0.3, -0.25) is 0 Å². The molecule has 53 heavy (non-hydrogen) atoms. The van der Waals surface area contributed by atoms with E-state index in [2.05, 4.69) is 232 Å². The van der Waals surface area contributed by atoms with Gasteiger partial charge >= 0.3 is 0 Å². The van der Waals surface area contributed by atoms with Crippen LogP contribution in [0, 0.1) is 20.8 Å². The zero-order valence-corrected chi connectivity index (χ0v) is 31.1. The van der Waals surface area contributed by atoms with Crippen molar-refractivity contribution in [3.8, 4) is 0 Å². The summed E-state index contributed by atoms with van der Waals surface area (Å²) in [4.78, 5) is 4.62. The van der Waals surface area contributed by atoms with Gasteiger partial charge in [-0.05, 0) is 128 Å². The van der Waals surface area contributed by atoms with Crippen molar-refractivity contribution < 1.29 is 0 Å². The number of anilines is 6. The predicted molar refractivity (Wildman–Crippen MR) is 230 cm³/mol. The fourth-order valence-electron chi connectivity index (χ4n) is 6.43. The Balaban J connectivity index is 1.02. The predicted octanol–water partition coefficient (Wildman–Crippen LogP) is 14.5. The lowest BCUT2D eigenvalue weighted by Gasteiger charge is -2.26. The Labute approximate surface area is 315 Å². The van der Waals surface area contributed by atoms with Gasteiger partial charge in [0, 0.05) is 34.1 Å². The molecule has 0 heterocycles. The number of aryl methyl sites for hydroxylation is 4.